The van der Waals surface area contributed by atoms with E-state index >= 15 is 0 Å². The monoisotopic (exact) mass is 272 g/mol. The third-order valence-electron chi connectivity index (χ3n) is 3.09. The van der Waals surface area contributed by atoms with E-state index in [2.05, 4.69) is 28.7 Å². The molecular weight excluding hydrogens is 248 g/mol. The number of aliphatic hydroxyl groups excluding tert-OH is 1. The van der Waals surface area contributed by atoms with E-state index in [-0.39, 0.29) is 12.1 Å². The summed E-state index contributed by atoms with van der Waals surface area (Å²) >= 11 is 1.67. The molecule has 0 aliphatic carbocycles. The lowest BCUT2D eigenvalue weighted by Gasteiger charge is -2.33. The van der Waals surface area contributed by atoms with Crippen molar-refractivity contribution in [2.75, 3.05) is 27.3 Å². The highest BCUT2D eigenvalue weighted by atomic mass is 32.1. The number of nitrogens with zero attached hydrogens (tertiary/aromatic N) is 1. The van der Waals surface area contributed by atoms with Crippen molar-refractivity contribution >= 4 is 11.3 Å². The van der Waals surface area contributed by atoms with E-state index in [1.54, 1.807) is 18.4 Å². The molecule has 0 amide bonds. The molecule has 0 saturated heterocycles. The molecule has 0 radical (unpaired) electrons. The first kappa shape index (κ1) is 15.6. The predicted octanol–water partition coefficient (Wildman–Crippen LogP) is 1.47. The van der Waals surface area contributed by atoms with Crippen LogP contribution in [0.5, 0.6) is 0 Å². The molecular formula is C13H24N2O2S. The van der Waals surface area contributed by atoms with Crippen molar-refractivity contribution in [2.24, 2.45) is 5.73 Å². The predicted molar refractivity (Wildman–Crippen MR) is 75.8 cm³/mol. The van der Waals surface area contributed by atoms with Crippen LogP contribution in [-0.4, -0.2) is 49.5 Å². The largest absolute Gasteiger partial charge is 0.389 e. The van der Waals surface area contributed by atoms with Gasteiger partial charge in [0.05, 0.1) is 18.8 Å². The van der Waals surface area contributed by atoms with Crippen LogP contribution in [-0.2, 0) is 4.74 Å². The van der Waals surface area contributed by atoms with Gasteiger partial charge in [-0.15, -0.1) is 0 Å². The first-order chi connectivity index (χ1) is 8.60. The Balaban J connectivity index is 2.71. The summed E-state index contributed by atoms with van der Waals surface area (Å²) in [7, 11) is 3.59. The maximum Gasteiger partial charge on any atom is 0.0900 e. The SMILES string of the molecule is CCC(N)C(c1ccsc1)N(C)CC(O)COC. The van der Waals surface area contributed by atoms with E-state index in [4.69, 9.17) is 10.5 Å². The number of aliphatic hydroxyl groups is 1. The number of nitrogens with two attached hydrogens (primary N) is 1. The fraction of sp³-hybridized carbons (Fsp3) is 0.692. The molecule has 0 spiro atoms. The van der Waals surface area contributed by atoms with Gasteiger partial charge < -0.3 is 15.6 Å². The minimum absolute atomic E-state index is 0.0688. The van der Waals surface area contributed by atoms with Gasteiger partial charge in [-0.3, -0.25) is 4.90 Å². The summed E-state index contributed by atoms with van der Waals surface area (Å²) in [4.78, 5) is 2.11. The normalized spacial score (nSPS) is 16.8. The summed E-state index contributed by atoms with van der Waals surface area (Å²) in [5.41, 5.74) is 7.43. The van der Waals surface area contributed by atoms with Gasteiger partial charge in [0.1, 0.15) is 0 Å². The molecule has 0 saturated carbocycles. The molecule has 1 aromatic rings. The zero-order valence-electron chi connectivity index (χ0n) is 11.4. The highest BCUT2D eigenvalue weighted by molar-refractivity contribution is 7.07. The van der Waals surface area contributed by atoms with Crippen LogP contribution >= 0.6 is 11.3 Å². The van der Waals surface area contributed by atoms with Crippen LogP contribution in [0.3, 0.4) is 0 Å². The van der Waals surface area contributed by atoms with Crippen molar-refractivity contribution in [1.29, 1.82) is 0 Å². The molecule has 18 heavy (non-hydrogen) atoms. The van der Waals surface area contributed by atoms with Crippen LogP contribution in [0.4, 0.5) is 0 Å². The minimum Gasteiger partial charge on any atom is -0.389 e. The van der Waals surface area contributed by atoms with Gasteiger partial charge in [0.2, 0.25) is 0 Å². The van der Waals surface area contributed by atoms with Gasteiger partial charge in [0.25, 0.3) is 0 Å². The zero-order valence-corrected chi connectivity index (χ0v) is 12.2. The van der Waals surface area contributed by atoms with Gasteiger partial charge in [0, 0.05) is 19.7 Å². The number of hydrogen-bond donors (Lipinski definition) is 2. The molecule has 1 aromatic heterocycles. The Bertz CT molecular complexity index is 319. The lowest BCUT2D eigenvalue weighted by atomic mass is 9.99. The van der Waals surface area contributed by atoms with Crippen LogP contribution in [0, 0.1) is 0 Å². The second-order valence-corrected chi connectivity index (χ2v) is 5.40. The summed E-state index contributed by atoms with van der Waals surface area (Å²) in [6.45, 7) is 2.99. The first-order valence-corrected chi connectivity index (χ1v) is 7.19. The van der Waals surface area contributed by atoms with Gasteiger partial charge in [-0.1, -0.05) is 6.92 Å². The number of hydrogen-bond acceptors (Lipinski definition) is 5. The Morgan fingerprint density at radius 3 is 2.78 bits per heavy atom. The lowest BCUT2D eigenvalue weighted by molar-refractivity contribution is 0.0309. The maximum absolute atomic E-state index is 9.82. The van der Waals surface area contributed by atoms with Crippen LogP contribution in [0.1, 0.15) is 24.9 Å². The standard InChI is InChI=1S/C13H24N2O2S/c1-4-12(14)13(10-5-6-18-9-10)15(2)7-11(16)8-17-3/h5-6,9,11-13,16H,4,7-8,14H2,1-3H3. The van der Waals surface area contributed by atoms with Gasteiger partial charge in [0.15, 0.2) is 0 Å². The smallest absolute Gasteiger partial charge is 0.0900 e. The Kier molecular flexibility index (Phi) is 6.81. The molecule has 3 atom stereocenters. The molecule has 104 valence electrons. The van der Waals surface area contributed by atoms with Gasteiger partial charge >= 0.3 is 0 Å². The van der Waals surface area contributed by atoms with E-state index in [0.29, 0.717) is 13.2 Å². The molecule has 0 fully saturated rings. The Morgan fingerprint density at radius 1 is 1.56 bits per heavy atom. The number of thiophene rings is 1. The van der Waals surface area contributed by atoms with Gasteiger partial charge in [-0.05, 0) is 35.9 Å². The Hall–Kier alpha value is -0.460. The van der Waals surface area contributed by atoms with Gasteiger partial charge in [-0.25, -0.2) is 0 Å². The topological polar surface area (TPSA) is 58.7 Å². The van der Waals surface area contributed by atoms with Crippen LogP contribution < -0.4 is 5.73 Å². The zero-order chi connectivity index (χ0) is 13.5. The number of rotatable bonds is 8. The van der Waals surface area contributed by atoms with E-state index in [1.807, 2.05) is 7.05 Å². The first-order valence-electron chi connectivity index (χ1n) is 6.25. The van der Waals surface area contributed by atoms with Crippen LogP contribution in [0.15, 0.2) is 16.8 Å². The molecule has 1 rings (SSSR count). The summed E-state index contributed by atoms with van der Waals surface area (Å²) in [5, 5.41) is 14.0. The highest BCUT2D eigenvalue weighted by Crippen LogP contribution is 2.25. The number of likely N-dealkylation sites (N-methyl/N-ethyl adjacent to an activating group) is 1. The quantitative estimate of drug-likeness (QED) is 0.752. The molecule has 0 aromatic carbocycles. The van der Waals surface area contributed by atoms with Gasteiger partial charge in [-0.2, -0.15) is 11.3 Å². The highest BCUT2D eigenvalue weighted by Gasteiger charge is 2.24. The average Bonchev–Trinajstić information content (AvgIpc) is 2.82. The molecule has 5 heteroatoms. The second-order valence-electron chi connectivity index (χ2n) is 4.62. The van der Waals surface area contributed by atoms with E-state index < -0.39 is 6.10 Å². The molecule has 1 heterocycles. The molecule has 0 aliphatic rings. The molecule has 0 bridgehead atoms. The van der Waals surface area contributed by atoms with Crippen molar-refractivity contribution in [3.8, 4) is 0 Å². The third kappa shape index (κ3) is 4.33. The minimum atomic E-state index is -0.481. The summed E-state index contributed by atoms with van der Waals surface area (Å²) in [6, 6.07) is 2.32. The third-order valence-corrected chi connectivity index (χ3v) is 3.80. The fourth-order valence-corrected chi connectivity index (χ4v) is 2.88. The molecule has 3 unspecified atom stereocenters. The second kappa shape index (κ2) is 7.86. The van der Waals surface area contributed by atoms with Crippen molar-refractivity contribution in [3.05, 3.63) is 22.4 Å². The Labute approximate surface area is 113 Å². The summed E-state index contributed by atoms with van der Waals surface area (Å²) < 4.78 is 4.96. The average molecular weight is 272 g/mol. The summed E-state index contributed by atoms with van der Waals surface area (Å²) in [6.07, 6.45) is 0.427. The molecule has 3 N–H and O–H groups in total. The fourth-order valence-electron chi connectivity index (χ4n) is 2.19. The van der Waals surface area contributed by atoms with Crippen molar-refractivity contribution in [1.82, 2.24) is 4.90 Å². The maximum atomic E-state index is 9.82. The van der Waals surface area contributed by atoms with E-state index in [1.165, 1.54) is 5.56 Å². The number of methoxy groups -OCH3 is 1. The van der Waals surface area contributed by atoms with E-state index in [9.17, 15) is 5.11 Å². The summed E-state index contributed by atoms with van der Waals surface area (Å²) in [5.74, 6) is 0. The lowest BCUT2D eigenvalue weighted by Crippen LogP contribution is -2.42. The Morgan fingerprint density at radius 2 is 2.28 bits per heavy atom. The molecule has 4 nitrogen and oxygen atoms in total. The van der Waals surface area contributed by atoms with Crippen LogP contribution in [0.25, 0.3) is 0 Å². The van der Waals surface area contributed by atoms with Crippen molar-refractivity contribution < 1.29 is 9.84 Å². The van der Waals surface area contributed by atoms with E-state index in [0.717, 1.165) is 6.42 Å². The van der Waals surface area contributed by atoms with Crippen molar-refractivity contribution in [2.45, 2.75) is 31.5 Å². The number of ether oxygens (including phenoxy) is 1. The van der Waals surface area contributed by atoms with Crippen LogP contribution in [0.2, 0.25) is 0 Å². The van der Waals surface area contributed by atoms with Crippen molar-refractivity contribution in [3.63, 3.8) is 0 Å². The molecule has 0 aliphatic heterocycles.